The average Bonchev–Trinajstić information content (AvgIpc) is 2.32. The summed E-state index contributed by atoms with van der Waals surface area (Å²) in [5, 5.41) is 3.31. The topological polar surface area (TPSA) is 29.1 Å². The number of rotatable bonds is 2. The summed E-state index contributed by atoms with van der Waals surface area (Å²) in [6.45, 7) is 0. The molecular formula is C13H7Cl2FINO. The summed E-state index contributed by atoms with van der Waals surface area (Å²) in [5.41, 5.74) is 0.513. The Morgan fingerprint density at radius 3 is 2.37 bits per heavy atom. The van der Waals surface area contributed by atoms with Crippen molar-refractivity contribution in [2.24, 2.45) is 0 Å². The second-order valence-corrected chi connectivity index (χ2v) is 5.74. The molecule has 98 valence electrons. The summed E-state index contributed by atoms with van der Waals surface area (Å²) in [6, 6.07) is 8.93. The molecule has 0 aliphatic heterocycles. The molecule has 0 atom stereocenters. The molecule has 0 heterocycles. The Bertz CT molecular complexity index is 649. The molecule has 6 heteroatoms. The molecule has 0 saturated heterocycles. The van der Waals surface area contributed by atoms with Gasteiger partial charge in [-0.1, -0.05) is 23.2 Å². The minimum absolute atomic E-state index is 0.0835. The van der Waals surface area contributed by atoms with Crippen molar-refractivity contribution in [3.8, 4) is 0 Å². The zero-order valence-corrected chi connectivity index (χ0v) is 13.1. The number of benzene rings is 2. The van der Waals surface area contributed by atoms with Crippen LogP contribution in [0.15, 0.2) is 36.4 Å². The number of anilines is 1. The second kappa shape index (κ2) is 6.07. The van der Waals surface area contributed by atoms with Crippen LogP contribution in [-0.2, 0) is 0 Å². The van der Waals surface area contributed by atoms with Gasteiger partial charge in [-0.15, -0.1) is 0 Å². The molecule has 0 saturated carbocycles. The molecule has 0 aromatic heterocycles. The highest BCUT2D eigenvalue weighted by Crippen LogP contribution is 2.22. The standard InChI is InChI=1S/C13H7Cl2FINO/c14-7-2-4-12(10(16)5-7)18-13(19)9-3-1-8(15)6-11(9)17/h1-6H,(H,18,19). The molecule has 19 heavy (non-hydrogen) atoms. The van der Waals surface area contributed by atoms with Crippen molar-refractivity contribution in [1.29, 1.82) is 0 Å². The molecule has 2 nitrogen and oxygen atoms in total. The van der Waals surface area contributed by atoms with E-state index in [1.165, 1.54) is 12.1 Å². The Morgan fingerprint density at radius 1 is 1.11 bits per heavy atom. The van der Waals surface area contributed by atoms with Crippen molar-refractivity contribution in [2.75, 3.05) is 5.32 Å². The number of nitrogens with one attached hydrogen (secondary N) is 1. The lowest BCUT2D eigenvalue weighted by atomic mass is 10.2. The summed E-state index contributed by atoms with van der Waals surface area (Å²) in [5.74, 6) is -0.980. The Kier molecular flexibility index (Phi) is 4.65. The van der Waals surface area contributed by atoms with Gasteiger partial charge in [0.2, 0.25) is 0 Å². The molecule has 2 aromatic rings. The first-order chi connectivity index (χ1) is 8.97. The number of hydrogen-bond donors (Lipinski definition) is 1. The zero-order valence-electron chi connectivity index (χ0n) is 9.38. The molecule has 0 bridgehead atoms. The van der Waals surface area contributed by atoms with Crippen LogP contribution in [0.5, 0.6) is 0 Å². The van der Waals surface area contributed by atoms with Crippen LogP contribution < -0.4 is 5.32 Å². The molecular weight excluding hydrogens is 403 g/mol. The van der Waals surface area contributed by atoms with Crippen LogP contribution in [0.2, 0.25) is 10.0 Å². The molecule has 1 N–H and O–H groups in total. The zero-order chi connectivity index (χ0) is 14.0. The third-order valence-corrected chi connectivity index (χ3v) is 3.72. The largest absolute Gasteiger partial charge is 0.319 e. The maximum Gasteiger partial charge on any atom is 0.256 e. The number of hydrogen-bond acceptors (Lipinski definition) is 1. The van der Waals surface area contributed by atoms with Crippen LogP contribution in [0.25, 0.3) is 0 Å². The molecule has 0 aliphatic carbocycles. The van der Waals surface area contributed by atoms with E-state index in [4.69, 9.17) is 23.2 Å². The molecule has 0 aliphatic rings. The van der Waals surface area contributed by atoms with E-state index >= 15 is 0 Å². The maximum absolute atomic E-state index is 13.6. The number of halogens is 4. The smallest absolute Gasteiger partial charge is 0.256 e. The summed E-state index contributed by atoms with van der Waals surface area (Å²) < 4.78 is 14.3. The molecule has 1 amide bonds. The van der Waals surface area contributed by atoms with Gasteiger partial charge in [-0.3, -0.25) is 4.79 Å². The number of amides is 1. The minimum Gasteiger partial charge on any atom is -0.319 e. The van der Waals surface area contributed by atoms with Crippen LogP contribution in [-0.4, -0.2) is 5.91 Å². The first kappa shape index (κ1) is 14.6. The van der Waals surface area contributed by atoms with Gasteiger partial charge in [-0.2, -0.15) is 0 Å². The Balaban J connectivity index is 2.25. The van der Waals surface area contributed by atoms with E-state index in [1.54, 1.807) is 18.2 Å². The van der Waals surface area contributed by atoms with Gasteiger partial charge >= 0.3 is 0 Å². The van der Waals surface area contributed by atoms with E-state index in [1.807, 2.05) is 22.6 Å². The molecule has 0 spiro atoms. The van der Waals surface area contributed by atoms with E-state index in [0.717, 1.165) is 6.07 Å². The van der Waals surface area contributed by atoms with Crippen molar-refractivity contribution >= 4 is 57.4 Å². The maximum atomic E-state index is 13.6. The first-order valence-corrected chi connectivity index (χ1v) is 7.02. The number of carbonyl (C=O) groups is 1. The predicted molar refractivity (Wildman–Crippen MR) is 83.5 cm³/mol. The van der Waals surface area contributed by atoms with Crippen LogP contribution in [0.4, 0.5) is 10.1 Å². The molecule has 2 aromatic carbocycles. The molecule has 0 unspecified atom stereocenters. The van der Waals surface area contributed by atoms with Gasteiger partial charge in [0.05, 0.1) is 11.3 Å². The molecule has 2 rings (SSSR count). The van der Waals surface area contributed by atoms with E-state index in [2.05, 4.69) is 5.32 Å². The molecule has 0 fully saturated rings. The summed E-state index contributed by atoms with van der Waals surface area (Å²) in [7, 11) is 0. The van der Waals surface area contributed by atoms with Gasteiger partial charge in [0, 0.05) is 13.6 Å². The Hall–Kier alpha value is -0.850. The minimum atomic E-state index is -0.579. The highest BCUT2D eigenvalue weighted by molar-refractivity contribution is 14.1. The fraction of sp³-hybridized carbons (Fsp3) is 0. The second-order valence-electron chi connectivity index (χ2n) is 3.70. The lowest BCUT2D eigenvalue weighted by Gasteiger charge is -2.08. The van der Waals surface area contributed by atoms with E-state index in [9.17, 15) is 9.18 Å². The van der Waals surface area contributed by atoms with Crippen LogP contribution in [0.1, 0.15) is 10.4 Å². The highest BCUT2D eigenvalue weighted by atomic mass is 127. The lowest BCUT2D eigenvalue weighted by Crippen LogP contribution is -2.14. The van der Waals surface area contributed by atoms with Gasteiger partial charge in [0.1, 0.15) is 5.82 Å². The number of carbonyl (C=O) groups excluding carboxylic acids is 1. The Morgan fingerprint density at radius 2 is 1.74 bits per heavy atom. The van der Waals surface area contributed by atoms with Crippen molar-refractivity contribution in [3.63, 3.8) is 0 Å². The van der Waals surface area contributed by atoms with Gasteiger partial charge in [0.15, 0.2) is 0 Å². The lowest BCUT2D eigenvalue weighted by molar-refractivity contribution is 0.102. The van der Waals surface area contributed by atoms with Crippen molar-refractivity contribution < 1.29 is 9.18 Å². The fourth-order valence-corrected chi connectivity index (χ4v) is 2.73. The van der Waals surface area contributed by atoms with Crippen molar-refractivity contribution in [3.05, 3.63) is 61.4 Å². The van der Waals surface area contributed by atoms with Crippen LogP contribution in [0, 0.1) is 9.39 Å². The normalized spacial score (nSPS) is 10.3. The summed E-state index contributed by atoms with van der Waals surface area (Å²) >= 11 is 13.5. The van der Waals surface area contributed by atoms with Gasteiger partial charge in [-0.25, -0.2) is 4.39 Å². The van der Waals surface area contributed by atoms with E-state index < -0.39 is 11.7 Å². The molecule has 0 radical (unpaired) electrons. The van der Waals surface area contributed by atoms with Gasteiger partial charge in [0.25, 0.3) is 5.91 Å². The van der Waals surface area contributed by atoms with Gasteiger partial charge < -0.3 is 5.32 Å². The highest BCUT2D eigenvalue weighted by Gasteiger charge is 2.12. The van der Waals surface area contributed by atoms with Crippen molar-refractivity contribution in [1.82, 2.24) is 0 Å². The third kappa shape index (κ3) is 3.58. The van der Waals surface area contributed by atoms with Gasteiger partial charge in [-0.05, 0) is 59.0 Å². The average molecular weight is 410 g/mol. The summed E-state index contributed by atoms with van der Waals surface area (Å²) in [6.07, 6.45) is 0. The van der Waals surface area contributed by atoms with Crippen LogP contribution >= 0.6 is 45.8 Å². The monoisotopic (exact) mass is 409 g/mol. The quantitative estimate of drug-likeness (QED) is 0.695. The van der Waals surface area contributed by atoms with E-state index in [-0.39, 0.29) is 10.7 Å². The SMILES string of the molecule is O=C(Nc1ccc(Cl)cc1F)c1ccc(Cl)cc1I. The van der Waals surface area contributed by atoms with E-state index in [0.29, 0.717) is 14.2 Å². The fourth-order valence-electron chi connectivity index (χ4n) is 1.45. The summed E-state index contributed by atoms with van der Waals surface area (Å²) in [4.78, 5) is 12.0. The van der Waals surface area contributed by atoms with Crippen molar-refractivity contribution in [2.45, 2.75) is 0 Å². The van der Waals surface area contributed by atoms with Crippen LogP contribution in [0.3, 0.4) is 0 Å². The third-order valence-electron chi connectivity index (χ3n) is 2.36. The Labute approximate surface area is 133 Å². The predicted octanol–water partition coefficient (Wildman–Crippen LogP) is 4.99. The first-order valence-electron chi connectivity index (χ1n) is 5.19.